The van der Waals surface area contributed by atoms with E-state index >= 15 is 0 Å². The number of hydrogen-bond donors (Lipinski definition) is 0. The molecule has 1 aromatic carbocycles. The van der Waals surface area contributed by atoms with Crippen molar-refractivity contribution in [3.63, 3.8) is 0 Å². The molecule has 130 valence electrons. The number of esters is 2. The number of halogens is 1. The molecule has 1 aliphatic heterocycles. The molecule has 0 aromatic heterocycles. The number of hydrogen-bond acceptors (Lipinski definition) is 6. The Morgan fingerprint density at radius 2 is 1.75 bits per heavy atom. The van der Waals surface area contributed by atoms with Gasteiger partial charge >= 0.3 is 17.5 Å². The summed E-state index contributed by atoms with van der Waals surface area (Å²) in [6.45, 7) is 4.75. The van der Waals surface area contributed by atoms with Gasteiger partial charge in [-0.2, -0.15) is 0 Å². The number of Topliss-reactive ketones (excluding diaryl/α,β-unsaturated/α-hetero) is 1. The molecule has 0 bridgehead atoms. The normalized spacial score (nSPS) is 17.6. The van der Waals surface area contributed by atoms with E-state index in [9.17, 15) is 14.4 Å². The average Bonchev–Trinajstić information content (AvgIpc) is 2.82. The van der Waals surface area contributed by atoms with Crippen molar-refractivity contribution in [2.24, 2.45) is 0 Å². The highest BCUT2D eigenvalue weighted by molar-refractivity contribution is 6.30. The maximum atomic E-state index is 12.6. The fraction of sp³-hybridized carbons (Fsp3) is 0.471. The SMILES string of the molecule is CCOC(=O)C1(C(=O)OCC)Oc2ccc(Cl)cc2C1CC(C)=O. The molecule has 0 N–H and O–H groups in total. The van der Waals surface area contributed by atoms with E-state index in [2.05, 4.69) is 0 Å². The van der Waals surface area contributed by atoms with Crippen LogP contribution in [-0.2, 0) is 23.9 Å². The molecule has 1 heterocycles. The molecule has 2 rings (SSSR count). The molecule has 1 atom stereocenters. The fourth-order valence-corrected chi connectivity index (χ4v) is 3.00. The van der Waals surface area contributed by atoms with Crippen LogP contribution < -0.4 is 4.74 Å². The lowest BCUT2D eigenvalue weighted by Crippen LogP contribution is -2.55. The van der Waals surface area contributed by atoms with Gasteiger partial charge in [-0.1, -0.05) is 11.6 Å². The highest BCUT2D eigenvalue weighted by Crippen LogP contribution is 2.49. The highest BCUT2D eigenvalue weighted by atomic mass is 35.5. The third kappa shape index (κ3) is 3.11. The number of ketones is 1. The van der Waals surface area contributed by atoms with Crippen LogP contribution in [0.3, 0.4) is 0 Å². The number of rotatable bonds is 6. The standard InChI is InChI=1S/C17H19ClO6/c1-4-22-15(20)17(16(21)23-5-2)13(8-10(3)19)12-9-11(18)6-7-14(12)24-17/h6-7,9,13H,4-5,8H2,1-3H3. The molecule has 0 amide bonds. The summed E-state index contributed by atoms with van der Waals surface area (Å²) in [5.74, 6) is -2.49. The number of benzene rings is 1. The Bertz CT molecular complexity index is 651. The summed E-state index contributed by atoms with van der Waals surface area (Å²) >= 11 is 6.03. The largest absolute Gasteiger partial charge is 0.463 e. The first-order valence-electron chi connectivity index (χ1n) is 7.69. The predicted octanol–water partition coefficient (Wildman–Crippen LogP) is 2.66. The molecule has 0 saturated heterocycles. The van der Waals surface area contributed by atoms with Crippen LogP contribution in [0.25, 0.3) is 0 Å². The zero-order valence-electron chi connectivity index (χ0n) is 13.8. The van der Waals surface area contributed by atoms with Gasteiger partial charge in [0.25, 0.3) is 0 Å². The van der Waals surface area contributed by atoms with Crippen molar-refractivity contribution in [1.29, 1.82) is 0 Å². The number of carbonyl (C=O) groups excluding carboxylic acids is 3. The zero-order valence-corrected chi connectivity index (χ0v) is 14.5. The van der Waals surface area contributed by atoms with Crippen LogP contribution in [0.5, 0.6) is 5.75 Å². The van der Waals surface area contributed by atoms with Crippen molar-refractivity contribution in [2.45, 2.75) is 38.7 Å². The topological polar surface area (TPSA) is 78.9 Å². The molecule has 0 aliphatic carbocycles. The minimum absolute atomic E-state index is 0.0627. The van der Waals surface area contributed by atoms with Gasteiger partial charge in [0, 0.05) is 17.0 Å². The lowest BCUT2D eigenvalue weighted by atomic mass is 9.80. The zero-order chi connectivity index (χ0) is 17.9. The number of fused-ring (bicyclic) bond motifs is 1. The molecule has 7 heteroatoms. The van der Waals surface area contributed by atoms with Crippen LogP contribution >= 0.6 is 11.6 Å². The van der Waals surface area contributed by atoms with E-state index < -0.39 is 23.5 Å². The molecule has 0 fully saturated rings. The van der Waals surface area contributed by atoms with Crippen molar-refractivity contribution in [2.75, 3.05) is 13.2 Å². The van der Waals surface area contributed by atoms with E-state index in [1.165, 1.54) is 6.92 Å². The number of ether oxygens (including phenoxy) is 3. The van der Waals surface area contributed by atoms with Crippen LogP contribution in [0.4, 0.5) is 0 Å². The molecular formula is C17H19ClO6. The van der Waals surface area contributed by atoms with E-state index in [4.69, 9.17) is 25.8 Å². The summed E-state index contributed by atoms with van der Waals surface area (Å²) in [6, 6.07) is 4.73. The van der Waals surface area contributed by atoms with Gasteiger partial charge in [0.1, 0.15) is 11.5 Å². The minimum Gasteiger partial charge on any atom is -0.463 e. The van der Waals surface area contributed by atoms with Crippen LogP contribution in [0.2, 0.25) is 5.02 Å². The third-order valence-electron chi connectivity index (χ3n) is 3.76. The summed E-state index contributed by atoms with van der Waals surface area (Å²) in [5, 5.41) is 0.411. The Kier molecular flexibility index (Phi) is 5.49. The van der Waals surface area contributed by atoms with Gasteiger partial charge in [0.05, 0.1) is 19.1 Å². The minimum atomic E-state index is -2.04. The van der Waals surface area contributed by atoms with Crippen molar-refractivity contribution >= 4 is 29.3 Å². The first kappa shape index (κ1) is 18.3. The summed E-state index contributed by atoms with van der Waals surface area (Å²) in [4.78, 5) is 37.0. The van der Waals surface area contributed by atoms with Gasteiger partial charge in [-0.3, -0.25) is 0 Å². The second-order valence-electron chi connectivity index (χ2n) is 5.42. The summed E-state index contributed by atoms with van der Waals surface area (Å²) < 4.78 is 15.9. The Morgan fingerprint density at radius 3 is 2.25 bits per heavy atom. The van der Waals surface area contributed by atoms with Gasteiger partial charge in [-0.25, -0.2) is 9.59 Å². The lowest BCUT2D eigenvalue weighted by Gasteiger charge is -2.29. The van der Waals surface area contributed by atoms with Gasteiger partial charge in [0.15, 0.2) is 0 Å². The van der Waals surface area contributed by atoms with Crippen molar-refractivity contribution in [1.82, 2.24) is 0 Å². The van der Waals surface area contributed by atoms with Gasteiger partial charge in [0.2, 0.25) is 0 Å². The second kappa shape index (κ2) is 7.21. The Hall–Kier alpha value is -2.08. The quantitative estimate of drug-likeness (QED) is 0.577. The molecule has 0 radical (unpaired) electrons. The van der Waals surface area contributed by atoms with E-state index in [1.54, 1.807) is 32.0 Å². The maximum Gasteiger partial charge on any atom is 0.363 e. The maximum absolute atomic E-state index is 12.6. The van der Waals surface area contributed by atoms with Crippen molar-refractivity contribution in [3.8, 4) is 5.75 Å². The van der Waals surface area contributed by atoms with Crippen LogP contribution in [-0.4, -0.2) is 36.5 Å². The second-order valence-corrected chi connectivity index (χ2v) is 5.86. The Morgan fingerprint density at radius 1 is 1.17 bits per heavy atom. The molecule has 24 heavy (non-hydrogen) atoms. The van der Waals surface area contributed by atoms with Gasteiger partial charge in [-0.15, -0.1) is 0 Å². The number of carbonyl (C=O) groups is 3. The molecule has 0 saturated carbocycles. The van der Waals surface area contributed by atoms with Crippen molar-refractivity contribution < 1.29 is 28.6 Å². The van der Waals surface area contributed by atoms with E-state index in [0.29, 0.717) is 16.3 Å². The summed E-state index contributed by atoms with van der Waals surface area (Å²) in [5.41, 5.74) is -1.52. The van der Waals surface area contributed by atoms with Crippen LogP contribution in [0.15, 0.2) is 18.2 Å². The molecular weight excluding hydrogens is 336 g/mol. The van der Waals surface area contributed by atoms with Gasteiger partial charge < -0.3 is 19.0 Å². The fourth-order valence-electron chi connectivity index (χ4n) is 2.82. The Labute approximate surface area is 145 Å². The summed E-state index contributed by atoms with van der Waals surface area (Å²) in [7, 11) is 0. The van der Waals surface area contributed by atoms with E-state index in [1.807, 2.05) is 0 Å². The lowest BCUT2D eigenvalue weighted by molar-refractivity contribution is -0.180. The van der Waals surface area contributed by atoms with E-state index in [-0.39, 0.29) is 25.4 Å². The first-order valence-corrected chi connectivity index (χ1v) is 8.06. The summed E-state index contributed by atoms with van der Waals surface area (Å²) in [6.07, 6.45) is -0.0784. The molecule has 6 nitrogen and oxygen atoms in total. The van der Waals surface area contributed by atoms with Gasteiger partial charge in [-0.05, 0) is 39.0 Å². The molecule has 1 aliphatic rings. The monoisotopic (exact) mass is 354 g/mol. The molecule has 1 aromatic rings. The average molecular weight is 355 g/mol. The Balaban J connectivity index is 2.61. The third-order valence-corrected chi connectivity index (χ3v) is 3.99. The van der Waals surface area contributed by atoms with E-state index in [0.717, 1.165) is 0 Å². The molecule has 0 spiro atoms. The first-order chi connectivity index (χ1) is 11.4. The smallest absolute Gasteiger partial charge is 0.363 e. The van der Waals surface area contributed by atoms with Crippen molar-refractivity contribution in [3.05, 3.63) is 28.8 Å². The van der Waals surface area contributed by atoms with Crippen LogP contribution in [0.1, 0.15) is 38.7 Å². The predicted molar refractivity (Wildman–Crippen MR) is 86.1 cm³/mol. The molecule has 1 unspecified atom stereocenters. The van der Waals surface area contributed by atoms with Crippen LogP contribution in [0, 0.1) is 0 Å². The highest BCUT2D eigenvalue weighted by Gasteiger charge is 2.62.